The molecule has 3 aromatic rings. The zero-order chi connectivity index (χ0) is 27.7. The van der Waals surface area contributed by atoms with E-state index < -0.39 is 17.8 Å². The fraction of sp³-hybridized carbons (Fsp3) is 0.500. The number of carbonyl (C=O) groups is 1. The molecular formula is C28H34F3N7O. The number of piperazine rings is 1. The molecule has 2 aromatic heterocycles. The molecule has 208 valence electrons. The zero-order valence-corrected chi connectivity index (χ0v) is 22.5. The molecule has 2 fully saturated rings. The molecule has 2 saturated heterocycles. The molecule has 5 rings (SSSR count). The van der Waals surface area contributed by atoms with Crippen LogP contribution in [0.15, 0.2) is 30.5 Å². The van der Waals surface area contributed by atoms with Crippen LogP contribution >= 0.6 is 0 Å². The molecule has 0 bridgehead atoms. The molecule has 0 aliphatic carbocycles. The Kier molecular flexibility index (Phi) is 7.61. The molecule has 2 aliphatic rings. The summed E-state index contributed by atoms with van der Waals surface area (Å²) in [6.45, 7) is 9.59. The molecule has 11 heteroatoms. The van der Waals surface area contributed by atoms with Crippen LogP contribution in [0.5, 0.6) is 0 Å². The van der Waals surface area contributed by atoms with Gasteiger partial charge in [-0.05, 0) is 70.0 Å². The average molecular weight is 542 g/mol. The van der Waals surface area contributed by atoms with Gasteiger partial charge in [0.15, 0.2) is 5.82 Å². The Labute approximate surface area is 226 Å². The summed E-state index contributed by atoms with van der Waals surface area (Å²) in [6.07, 6.45) is -0.870. The number of fused-ring (bicyclic) bond motifs is 1. The minimum absolute atomic E-state index is 0.106. The summed E-state index contributed by atoms with van der Waals surface area (Å²) in [6, 6.07) is 5.75. The van der Waals surface area contributed by atoms with E-state index in [1.165, 1.54) is 13.0 Å². The molecule has 0 unspecified atom stereocenters. The third-order valence-electron chi connectivity index (χ3n) is 7.94. The van der Waals surface area contributed by atoms with Crippen molar-refractivity contribution in [3.8, 4) is 0 Å². The standard InChI is InChI=1S/C28H34F3N7O/c1-17-21(5-4-6-24(17)28(29,30)31)18(2)34-26-22-15-25(33-16-23(22)19(3)35-36-26)37-11-13-38(14-12-37)27(39)20-7-9-32-10-8-20/h4-6,15-16,18,20,32H,7-14H2,1-3H3,(H,34,36)/t18-/m1/s1. The number of aromatic nitrogens is 3. The molecule has 0 saturated carbocycles. The minimum Gasteiger partial charge on any atom is -0.362 e. The van der Waals surface area contributed by atoms with Crippen LogP contribution in [0.1, 0.15) is 48.2 Å². The number of rotatable bonds is 5. The van der Waals surface area contributed by atoms with Gasteiger partial charge in [-0.25, -0.2) is 4.98 Å². The highest BCUT2D eigenvalue weighted by atomic mass is 19.4. The van der Waals surface area contributed by atoms with E-state index in [-0.39, 0.29) is 17.4 Å². The smallest absolute Gasteiger partial charge is 0.362 e. The second kappa shape index (κ2) is 11.0. The van der Waals surface area contributed by atoms with E-state index in [4.69, 9.17) is 0 Å². The average Bonchev–Trinajstić information content (AvgIpc) is 2.94. The van der Waals surface area contributed by atoms with Crippen molar-refractivity contribution in [1.82, 2.24) is 25.4 Å². The van der Waals surface area contributed by atoms with Gasteiger partial charge >= 0.3 is 6.18 Å². The number of nitrogens with zero attached hydrogens (tertiary/aromatic N) is 5. The van der Waals surface area contributed by atoms with Crippen molar-refractivity contribution in [2.45, 2.75) is 45.8 Å². The van der Waals surface area contributed by atoms with Gasteiger partial charge in [0.25, 0.3) is 0 Å². The number of alkyl halides is 3. The van der Waals surface area contributed by atoms with Crippen LogP contribution in [0.25, 0.3) is 10.8 Å². The van der Waals surface area contributed by atoms with E-state index in [0.29, 0.717) is 37.6 Å². The molecule has 1 amide bonds. The molecule has 8 nitrogen and oxygen atoms in total. The maximum absolute atomic E-state index is 13.5. The highest BCUT2D eigenvalue weighted by Gasteiger charge is 2.33. The summed E-state index contributed by atoms with van der Waals surface area (Å²) in [5.41, 5.74) is 0.811. The Morgan fingerprint density at radius 2 is 1.79 bits per heavy atom. The lowest BCUT2D eigenvalue weighted by molar-refractivity contribution is -0.138. The van der Waals surface area contributed by atoms with Gasteiger partial charge in [-0.1, -0.05) is 12.1 Å². The van der Waals surface area contributed by atoms with Gasteiger partial charge in [-0.3, -0.25) is 4.79 Å². The van der Waals surface area contributed by atoms with Crippen molar-refractivity contribution in [2.24, 2.45) is 5.92 Å². The monoisotopic (exact) mass is 541 g/mol. The highest BCUT2D eigenvalue weighted by Crippen LogP contribution is 2.36. The minimum atomic E-state index is -4.42. The van der Waals surface area contributed by atoms with Crippen LogP contribution in [0, 0.1) is 19.8 Å². The fourth-order valence-corrected chi connectivity index (χ4v) is 5.64. The van der Waals surface area contributed by atoms with Crippen molar-refractivity contribution in [2.75, 3.05) is 49.5 Å². The highest BCUT2D eigenvalue weighted by molar-refractivity contribution is 5.94. The zero-order valence-electron chi connectivity index (χ0n) is 22.5. The number of amides is 1. The van der Waals surface area contributed by atoms with Crippen LogP contribution in [-0.2, 0) is 11.0 Å². The third-order valence-corrected chi connectivity index (χ3v) is 7.94. The normalized spacial score (nSPS) is 17.9. The Hall–Kier alpha value is -3.47. The molecule has 1 aromatic carbocycles. The van der Waals surface area contributed by atoms with Gasteiger partial charge in [0.2, 0.25) is 5.91 Å². The van der Waals surface area contributed by atoms with Crippen molar-refractivity contribution in [3.63, 3.8) is 0 Å². The van der Waals surface area contributed by atoms with Crippen LogP contribution in [-0.4, -0.2) is 65.3 Å². The summed E-state index contributed by atoms with van der Waals surface area (Å²) in [5, 5.41) is 16.8. The molecule has 2 aliphatic heterocycles. The summed E-state index contributed by atoms with van der Waals surface area (Å²) in [4.78, 5) is 21.8. The molecule has 0 radical (unpaired) electrons. The van der Waals surface area contributed by atoms with Gasteiger partial charge in [0.1, 0.15) is 5.82 Å². The van der Waals surface area contributed by atoms with E-state index in [9.17, 15) is 18.0 Å². The number of hydrogen-bond acceptors (Lipinski definition) is 7. The van der Waals surface area contributed by atoms with Crippen molar-refractivity contribution < 1.29 is 18.0 Å². The number of hydrogen-bond donors (Lipinski definition) is 2. The first kappa shape index (κ1) is 27.1. The first-order chi connectivity index (χ1) is 18.6. The Morgan fingerprint density at radius 1 is 1.08 bits per heavy atom. The largest absolute Gasteiger partial charge is 0.416 e. The molecule has 39 heavy (non-hydrogen) atoms. The fourth-order valence-electron chi connectivity index (χ4n) is 5.64. The Balaban J connectivity index is 1.35. The van der Waals surface area contributed by atoms with E-state index in [1.807, 2.05) is 24.8 Å². The second-order valence-corrected chi connectivity index (χ2v) is 10.4. The van der Waals surface area contributed by atoms with Gasteiger partial charge in [0.05, 0.1) is 17.3 Å². The summed E-state index contributed by atoms with van der Waals surface area (Å²) in [7, 11) is 0. The number of pyridine rings is 1. The quantitative estimate of drug-likeness (QED) is 0.493. The van der Waals surface area contributed by atoms with Gasteiger partial charge in [-0.2, -0.15) is 18.3 Å². The van der Waals surface area contributed by atoms with Gasteiger partial charge < -0.3 is 20.4 Å². The van der Waals surface area contributed by atoms with Crippen LogP contribution in [0.3, 0.4) is 0 Å². The van der Waals surface area contributed by atoms with E-state index >= 15 is 0 Å². The first-order valence-corrected chi connectivity index (χ1v) is 13.4. The molecule has 4 heterocycles. The summed E-state index contributed by atoms with van der Waals surface area (Å²) in [5.74, 6) is 1.62. The maximum Gasteiger partial charge on any atom is 0.416 e. The topological polar surface area (TPSA) is 86.3 Å². The number of nitrogens with one attached hydrogen (secondary N) is 2. The predicted octanol–water partition coefficient (Wildman–Crippen LogP) is 4.48. The van der Waals surface area contributed by atoms with Crippen molar-refractivity contribution >= 4 is 28.3 Å². The predicted molar refractivity (Wildman–Crippen MR) is 145 cm³/mol. The number of anilines is 2. The Bertz CT molecular complexity index is 1350. The number of piperidine rings is 1. The number of aryl methyl sites for hydroxylation is 1. The summed E-state index contributed by atoms with van der Waals surface area (Å²) >= 11 is 0. The lowest BCUT2D eigenvalue weighted by Gasteiger charge is -2.37. The van der Waals surface area contributed by atoms with Crippen LogP contribution in [0.2, 0.25) is 0 Å². The molecular weight excluding hydrogens is 507 g/mol. The SMILES string of the molecule is Cc1c([C@@H](C)Nc2nnc(C)c3cnc(N4CCN(C(=O)C5CCNCC5)CC4)cc23)cccc1C(F)(F)F. The lowest BCUT2D eigenvalue weighted by atomic mass is 9.96. The molecule has 0 spiro atoms. The van der Waals surface area contributed by atoms with E-state index in [1.54, 1.807) is 12.3 Å². The maximum atomic E-state index is 13.5. The van der Waals surface area contributed by atoms with Gasteiger partial charge in [0, 0.05) is 49.1 Å². The van der Waals surface area contributed by atoms with Crippen molar-refractivity contribution in [3.05, 3.63) is 52.8 Å². The van der Waals surface area contributed by atoms with E-state index in [0.717, 1.165) is 54.3 Å². The molecule has 1 atom stereocenters. The number of benzene rings is 1. The van der Waals surface area contributed by atoms with Crippen LogP contribution in [0.4, 0.5) is 24.8 Å². The van der Waals surface area contributed by atoms with Crippen molar-refractivity contribution in [1.29, 1.82) is 0 Å². The third kappa shape index (κ3) is 5.63. The second-order valence-electron chi connectivity index (χ2n) is 10.4. The number of carbonyl (C=O) groups excluding carboxylic acids is 1. The van der Waals surface area contributed by atoms with Crippen LogP contribution < -0.4 is 15.5 Å². The lowest BCUT2D eigenvalue weighted by Crippen LogP contribution is -2.51. The Morgan fingerprint density at radius 3 is 2.49 bits per heavy atom. The first-order valence-electron chi connectivity index (χ1n) is 13.4. The van der Waals surface area contributed by atoms with Gasteiger partial charge in [-0.15, -0.1) is 5.10 Å². The molecule has 2 N–H and O–H groups in total. The van der Waals surface area contributed by atoms with E-state index in [2.05, 4.69) is 30.7 Å². The summed E-state index contributed by atoms with van der Waals surface area (Å²) < 4.78 is 40.4. The number of halogens is 3.